The summed E-state index contributed by atoms with van der Waals surface area (Å²) in [6.07, 6.45) is 5.82. The van der Waals surface area contributed by atoms with Gasteiger partial charge in [0.25, 0.3) is 10.2 Å². The molecule has 0 bridgehead atoms. The molecule has 2 heterocycles. The Morgan fingerprint density at radius 1 is 1.40 bits per heavy atom. The number of rotatable bonds is 5. The maximum absolute atomic E-state index is 12.6. The van der Waals surface area contributed by atoms with E-state index in [1.165, 1.54) is 8.61 Å². The molecule has 112 valence electrons. The van der Waals surface area contributed by atoms with Crippen molar-refractivity contribution < 1.29 is 13.5 Å². The lowest BCUT2D eigenvalue weighted by molar-refractivity contribution is 0.149. The predicted molar refractivity (Wildman–Crippen MR) is 76.1 cm³/mol. The fourth-order valence-corrected chi connectivity index (χ4v) is 4.05. The number of piperidine rings is 1. The molecular weight excluding hydrogens is 278 g/mol. The van der Waals surface area contributed by atoms with Crippen molar-refractivity contribution in [1.29, 1.82) is 0 Å². The molecule has 1 aliphatic heterocycles. The van der Waals surface area contributed by atoms with E-state index in [-0.39, 0.29) is 12.6 Å². The highest BCUT2D eigenvalue weighted by molar-refractivity contribution is 7.86. The monoisotopic (exact) mass is 299 g/mol. The Morgan fingerprint density at radius 2 is 2.10 bits per heavy atom. The minimum Gasteiger partial charge on any atom is -0.395 e. The molecule has 1 aliphatic rings. The minimum absolute atomic E-state index is 0.123. The SMILES string of the molecule is CN(Cc1ccncc1)S(=O)(=O)N1CCCCC1CO. The molecule has 0 saturated carbocycles. The van der Waals surface area contributed by atoms with Gasteiger partial charge in [-0.15, -0.1) is 0 Å². The van der Waals surface area contributed by atoms with Crippen LogP contribution in [0.2, 0.25) is 0 Å². The third-order valence-corrected chi connectivity index (χ3v) is 5.62. The zero-order valence-corrected chi connectivity index (χ0v) is 12.5. The van der Waals surface area contributed by atoms with Gasteiger partial charge in [-0.2, -0.15) is 17.0 Å². The van der Waals surface area contributed by atoms with Crippen molar-refractivity contribution >= 4 is 10.2 Å². The van der Waals surface area contributed by atoms with Crippen LogP contribution in [0, 0.1) is 0 Å². The van der Waals surface area contributed by atoms with Crippen LogP contribution in [-0.4, -0.2) is 53.4 Å². The molecule has 0 radical (unpaired) electrons. The van der Waals surface area contributed by atoms with Gasteiger partial charge in [0.15, 0.2) is 0 Å². The van der Waals surface area contributed by atoms with Gasteiger partial charge in [-0.1, -0.05) is 6.42 Å². The molecule has 1 atom stereocenters. The number of hydrogen-bond donors (Lipinski definition) is 1. The highest BCUT2D eigenvalue weighted by Crippen LogP contribution is 2.22. The van der Waals surface area contributed by atoms with Crippen molar-refractivity contribution in [3.63, 3.8) is 0 Å². The average Bonchev–Trinajstić information content (AvgIpc) is 2.48. The summed E-state index contributed by atoms with van der Waals surface area (Å²) >= 11 is 0. The van der Waals surface area contributed by atoms with Crippen LogP contribution in [0.3, 0.4) is 0 Å². The van der Waals surface area contributed by atoms with Gasteiger partial charge in [0, 0.05) is 38.6 Å². The largest absolute Gasteiger partial charge is 0.395 e. The fraction of sp³-hybridized carbons (Fsp3) is 0.615. The number of aliphatic hydroxyl groups is 1. The Morgan fingerprint density at radius 3 is 2.75 bits per heavy atom. The van der Waals surface area contributed by atoms with E-state index in [4.69, 9.17) is 0 Å². The molecule has 6 nitrogen and oxygen atoms in total. The van der Waals surface area contributed by atoms with Crippen LogP contribution in [0.25, 0.3) is 0 Å². The number of pyridine rings is 1. The molecule has 1 saturated heterocycles. The third kappa shape index (κ3) is 3.35. The van der Waals surface area contributed by atoms with Gasteiger partial charge in [0.1, 0.15) is 0 Å². The molecule has 1 N–H and O–H groups in total. The molecule has 0 amide bonds. The lowest BCUT2D eigenvalue weighted by atomic mass is 10.1. The zero-order chi connectivity index (χ0) is 14.6. The number of aromatic nitrogens is 1. The van der Waals surface area contributed by atoms with Gasteiger partial charge in [0.2, 0.25) is 0 Å². The highest BCUT2D eigenvalue weighted by Gasteiger charge is 2.34. The predicted octanol–water partition coefficient (Wildman–Crippen LogP) is 0.605. The standard InChI is InChI=1S/C13H21N3O3S/c1-15(10-12-5-7-14-8-6-12)20(18,19)16-9-3-2-4-13(16)11-17/h5-8,13,17H,2-4,9-11H2,1H3. The second-order valence-corrected chi connectivity index (χ2v) is 7.05. The lowest BCUT2D eigenvalue weighted by Gasteiger charge is -2.36. The molecule has 0 aromatic carbocycles. The summed E-state index contributed by atoms with van der Waals surface area (Å²) in [7, 11) is -1.97. The van der Waals surface area contributed by atoms with Crippen molar-refractivity contribution in [3.8, 4) is 0 Å². The summed E-state index contributed by atoms with van der Waals surface area (Å²) in [6.45, 7) is 0.663. The van der Waals surface area contributed by atoms with Crippen molar-refractivity contribution in [2.24, 2.45) is 0 Å². The van der Waals surface area contributed by atoms with E-state index in [0.29, 0.717) is 13.1 Å². The summed E-state index contributed by atoms with van der Waals surface area (Å²) in [4.78, 5) is 3.92. The topological polar surface area (TPSA) is 73.7 Å². The maximum atomic E-state index is 12.6. The smallest absolute Gasteiger partial charge is 0.282 e. The molecule has 0 spiro atoms. The molecule has 1 aromatic rings. The third-order valence-electron chi connectivity index (χ3n) is 3.63. The summed E-state index contributed by atoms with van der Waals surface area (Å²) < 4.78 is 27.9. The van der Waals surface area contributed by atoms with Gasteiger partial charge in [-0.25, -0.2) is 0 Å². The van der Waals surface area contributed by atoms with E-state index in [2.05, 4.69) is 4.98 Å². The van der Waals surface area contributed by atoms with Gasteiger partial charge in [-0.05, 0) is 30.5 Å². The lowest BCUT2D eigenvalue weighted by Crippen LogP contribution is -2.50. The van der Waals surface area contributed by atoms with Crippen LogP contribution in [0.15, 0.2) is 24.5 Å². The van der Waals surface area contributed by atoms with Crippen LogP contribution in [0.1, 0.15) is 24.8 Å². The Hall–Kier alpha value is -1.02. The average molecular weight is 299 g/mol. The van der Waals surface area contributed by atoms with E-state index in [9.17, 15) is 13.5 Å². The molecule has 7 heteroatoms. The zero-order valence-electron chi connectivity index (χ0n) is 11.6. The van der Waals surface area contributed by atoms with Crippen LogP contribution >= 0.6 is 0 Å². The quantitative estimate of drug-likeness (QED) is 0.864. The number of nitrogens with zero attached hydrogens (tertiary/aromatic N) is 3. The molecule has 0 aliphatic carbocycles. The van der Waals surface area contributed by atoms with Crippen LogP contribution in [0.4, 0.5) is 0 Å². The Bertz CT molecular complexity index is 521. The first-order chi connectivity index (χ1) is 9.55. The van der Waals surface area contributed by atoms with E-state index in [1.54, 1.807) is 31.6 Å². The molecule has 1 aromatic heterocycles. The first kappa shape index (κ1) is 15.4. The summed E-state index contributed by atoms with van der Waals surface area (Å²) in [6, 6.07) is 3.30. The Labute approximate surface area is 120 Å². The van der Waals surface area contributed by atoms with Gasteiger partial charge < -0.3 is 5.11 Å². The molecule has 2 rings (SSSR count). The second kappa shape index (κ2) is 6.62. The number of hydrogen-bond acceptors (Lipinski definition) is 4. The molecule has 1 unspecified atom stereocenters. The second-order valence-electron chi connectivity index (χ2n) is 5.06. The van der Waals surface area contributed by atoms with Gasteiger partial charge in [0.05, 0.1) is 6.61 Å². The first-order valence-corrected chi connectivity index (χ1v) is 8.18. The van der Waals surface area contributed by atoms with Crippen molar-refractivity contribution in [3.05, 3.63) is 30.1 Å². The minimum atomic E-state index is -3.54. The summed E-state index contributed by atoms with van der Waals surface area (Å²) in [5.41, 5.74) is 0.892. The van der Waals surface area contributed by atoms with Crippen LogP contribution in [0.5, 0.6) is 0 Å². The number of aliphatic hydroxyl groups excluding tert-OH is 1. The van der Waals surface area contributed by atoms with Crippen molar-refractivity contribution in [1.82, 2.24) is 13.6 Å². The summed E-state index contributed by atoms with van der Waals surface area (Å²) in [5.74, 6) is 0. The van der Waals surface area contributed by atoms with E-state index in [1.807, 2.05) is 0 Å². The van der Waals surface area contributed by atoms with Crippen LogP contribution in [-0.2, 0) is 16.8 Å². The molecule has 1 fully saturated rings. The highest BCUT2D eigenvalue weighted by atomic mass is 32.2. The molecular formula is C13H21N3O3S. The fourth-order valence-electron chi connectivity index (χ4n) is 2.47. The van der Waals surface area contributed by atoms with Gasteiger partial charge in [-0.3, -0.25) is 4.98 Å². The Balaban J connectivity index is 2.12. The molecule has 20 heavy (non-hydrogen) atoms. The van der Waals surface area contributed by atoms with E-state index in [0.717, 1.165) is 24.8 Å². The maximum Gasteiger partial charge on any atom is 0.282 e. The van der Waals surface area contributed by atoms with Crippen molar-refractivity contribution in [2.45, 2.75) is 31.8 Å². The Kier molecular flexibility index (Phi) is 5.09. The normalized spacial score (nSPS) is 21.2. The van der Waals surface area contributed by atoms with E-state index >= 15 is 0 Å². The van der Waals surface area contributed by atoms with Crippen molar-refractivity contribution in [2.75, 3.05) is 20.2 Å². The van der Waals surface area contributed by atoms with E-state index < -0.39 is 10.2 Å². The van der Waals surface area contributed by atoms with Crippen LogP contribution < -0.4 is 0 Å². The first-order valence-electron chi connectivity index (χ1n) is 6.78. The van der Waals surface area contributed by atoms with Gasteiger partial charge >= 0.3 is 0 Å². The summed E-state index contributed by atoms with van der Waals surface area (Å²) in [5, 5.41) is 9.36.